The fourth-order valence-corrected chi connectivity index (χ4v) is 5.87. The number of hydrogen-bond donors (Lipinski definition) is 0. The number of rotatable bonds is 1. The average Bonchev–Trinajstić information content (AvgIpc) is 2.90. The van der Waals surface area contributed by atoms with Crippen molar-refractivity contribution < 1.29 is 19.1 Å². The lowest BCUT2D eigenvalue weighted by Crippen LogP contribution is -2.66. The normalized spacial score (nSPS) is 35.3. The number of piperidine rings is 1. The first-order chi connectivity index (χ1) is 11.6. The summed E-state index contributed by atoms with van der Waals surface area (Å²) in [6.07, 6.45) is 2.65. The molecule has 2 aliphatic heterocycles. The van der Waals surface area contributed by atoms with Gasteiger partial charge in [-0.1, -0.05) is 6.07 Å². The molecule has 0 N–H and O–H groups in total. The van der Waals surface area contributed by atoms with Gasteiger partial charge in [0.1, 0.15) is 0 Å². The highest BCUT2D eigenvalue weighted by Crippen LogP contribution is 2.63. The molecule has 4 aliphatic rings. The molecule has 1 saturated carbocycles. The number of nitrogens with zero attached hydrogens (tertiary/aromatic N) is 1. The van der Waals surface area contributed by atoms with Gasteiger partial charge in [-0.2, -0.15) is 0 Å². The lowest BCUT2D eigenvalue weighted by molar-refractivity contribution is -0.146. The van der Waals surface area contributed by atoms with Crippen LogP contribution in [0.3, 0.4) is 0 Å². The summed E-state index contributed by atoms with van der Waals surface area (Å²) in [5, 5.41) is 0. The predicted octanol–water partition coefficient (Wildman–Crippen LogP) is 1.85. The number of methoxy groups -OCH3 is 1. The van der Waals surface area contributed by atoms with Crippen molar-refractivity contribution in [2.24, 2.45) is 5.92 Å². The van der Waals surface area contributed by atoms with E-state index < -0.39 is 6.10 Å². The third-order valence-electron chi connectivity index (χ3n) is 6.72. The summed E-state index contributed by atoms with van der Waals surface area (Å²) in [7, 11) is 1.64. The molecule has 5 rings (SSSR count). The molecule has 0 radical (unpaired) electrons. The molecule has 5 heteroatoms. The molecule has 2 aliphatic carbocycles. The quantitative estimate of drug-likeness (QED) is 0.790. The highest BCUT2D eigenvalue weighted by Gasteiger charge is 2.66. The summed E-state index contributed by atoms with van der Waals surface area (Å²) in [4.78, 5) is 26.9. The Kier molecular flexibility index (Phi) is 2.70. The lowest BCUT2D eigenvalue weighted by Gasteiger charge is -2.57. The van der Waals surface area contributed by atoms with Gasteiger partial charge in [-0.3, -0.25) is 9.59 Å². The number of ether oxygens (including phenoxy) is 2. The van der Waals surface area contributed by atoms with E-state index in [1.165, 1.54) is 11.1 Å². The molecule has 2 fully saturated rings. The van der Waals surface area contributed by atoms with Gasteiger partial charge >= 0.3 is 0 Å². The first-order valence-corrected chi connectivity index (χ1v) is 8.75. The zero-order valence-corrected chi connectivity index (χ0v) is 14.0. The van der Waals surface area contributed by atoms with E-state index in [4.69, 9.17) is 9.47 Å². The molecular weight excluding hydrogens is 306 g/mol. The molecule has 4 atom stereocenters. The number of amides is 1. The molecular formula is C19H21NO4. The Morgan fingerprint density at radius 2 is 2.25 bits per heavy atom. The zero-order chi connectivity index (χ0) is 16.6. The summed E-state index contributed by atoms with van der Waals surface area (Å²) in [5.41, 5.74) is 2.16. The van der Waals surface area contributed by atoms with Crippen molar-refractivity contribution >= 4 is 11.7 Å². The maximum atomic E-state index is 12.7. The molecule has 1 aromatic rings. The average molecular weight is 327 g/mol. The van der Waals surface area contributed by atoms with Gasteiger partial charge in [-0.05, 0) is 36.8 Å². The van der Waals surface area contributed by atoms with Crippen molar-refractivity contribution in [1.82, 2.24) is 4.90 Å². The SMILES string of the molecule is COc1ccc2c3c1OC1C(=O)CCC4C(C2)N(C(C)=O)CC[C@]314. The van der Waals surface area contributed by atoms with Crippen LogP contribution in [0.15, 0.2) is 12.1 Å². The molecule has 2 bridgehead atoms. The van der Waals surface area contributed by atoms with Gasteiger partial charge in [0.25, 0.3) is 0 Å². The number of benzene rings is 1. The first-order valence-electron chi connectivity index (χ1n) is 8.75. The minimum atomic E-state index is -0.404. The van der Waals surface area contributed by atoms with E-state index in [9.17, 15) is 9.59 Å². The Morgan fingerprint density at radius 1 is 1.42 bits per heavy atom. The molecule has 0 aromatic heterocycles. The van der Waals surface area contributed by atoms with Crippen molar-refractivity contribution in [3.63, 3.8) is 0 Å². The Bertz CT molecular complexity index is 773. The topological polar surface area (TPSA) is 55.8 Å². The van der Waals surface area contributed by atoms with E-state index in [1.54, 1.807) is 14.0 Å². The van der Waals surface area contributed by atoms with Crippen LogP contribution in [0.4, 0.5) is 0 Å². The van der Waals surface area contributed by atoms with E-state index in [0.29, 0.717) is 18.9 Å². The van der Waals surface area contributed by atoms with Gasteiger partial charge in [0.2, 0.25) is 5.91 Å². The molecule has 24 heavy (non-hydrogen) atoms. The number of Topliss-reactive ketones (excluding diaryl/α,β-unsaturated/α-hetero) is 1. The Labute approximate surface area is 140 Å². The second kappa shape index (κ2) is 4.52. The minimum absolute atomic E-state index is 0.138. The van der Waals surface area contributed by atoms with Crippen molar-refractivity contribution in [1.29, 1.82) is 0 Å². The Morgan fingerprint density at radius 3 is 3.00 bits per heavy atom. The van der Waals surface area contributed by atoms with E-state index in [0.717, 1.165) is 30.8 Å². The number of ketones is 1. The predicted molar refractivity (Wildman–Crippen MR) is 86.3 cm³/mol. The van der Waals surface area contributed by atoms with Crippen molar-refractivity contribution in [2.75, 3.05) is 13.7 Å². The van der Waals surface area contributed by atoms with Gasteiger partial charge in [0.05, 0.1) is 12.5 Å². The van der Waals surface area contributed by atoms with Crippen LogP contribution < -0.4 is 9.47 Å². The summed E-state index contributed by atoms with van der Waals surface area (Å²) in [5.74, 6) is 2.14. The minimum Gasteiger partial charge on any atom is -0.493 e. The van der Waals surface area contributed by atoms with Gasteiger partial charge in [-0.25, -0.2) is 0 Å². The molecule has 1 aromatic carbocycles. The van der Waals surface area contributed by atoms with Crippen LogP contribution in [-0.4, -0.2) is 42.4 Å². The summed E-state index contributed by atoms with van der Waals surface area (Å²) < 4.78 is 11.7. The second-order valence-corrected chi connectivity index (χ2v) is 7.51. The van der Waals surface area contributed by atoms with Gasteiger partial charge < -0.3 is 14.4 Å². The van der Waals surface area contributed by atoms with Crippen molar-refractivity contribution in [2.45, 2.75) is 50.2 Å². The zero-order valence-electron chi connectivity index (χ0n) is 14.0. The van der Waals surface area contributed by atoms with Crippen LogP contribution in [0, 0.1) is 5.92 Å². The van der Waals surface area contributed by atoms with Gasteiger partial charge in [-0.15, -0.1) is 0 Å². The maximum absolute atomic E-state index is 12.7. The largest absolute Gasteiger partial charge is 0.493 e. The molecule has 3 unspecified atom stereocenters. The Balaban J connectivity index is 1.77. The smallest absolute Gasteiger partial charge is 0.219 e. The number of hydrogen-bond acceptors (Lipinski definition) is 4. The monoisotopic (exact) mass is 327 g/mol. The lowest BCUT2D eigenvalue weighted by atomic mass is 9.51. The van der Waals surface area contributed by atoms with E-state index in [-0.39, 0.29) is 23.1 Å². The molecule has 1 amide bonds. The molecule has 126 valence electrons. The van der Waals surface area contributed by atoms with Crippen LogP contribution in [0.25, 0.3) is 0 Å². The van der Waals surface area contributed by atoms with E-state index in [1.807, 2.05) is 11.0 Å². The summed E-state index contributed by atoms with van der Waals surface area (Å²) >= 11 is 0. The van der Waals surface area contributed by atoms with E-state index >= 15 is 0 Å². The number of carbonyl (C=O) groups is 2. The summed E-state index contributed by atoms with van der Waals surface area (Å²) in [6.45, 7) is 2.36. The van der Waals surface area contributed by atoms with Crippen LogP contribution in [0.2, 0.25) is 0 Å². The molecule has 2 heterocycles. The van der Waals surface area contributed by atoms with Gasteiger partial charge in [0, 0.05) is 31.5 Å². The van der Waals surface area contributed by atoms with Crippen LogP contribution >= 0.6 is 0 Å². The van der Waals surface area contributed by atoms with Gasteiger partial charge in [0.15, 0.2) is 23.4 Å². The highest BCUT2D eigenvalue weighted by atomic mass is 16.5. The molecule has 1 saturated heterocycles. The molecule has 1 spiro atoms. The molecule has 5 nitrogen and oxygen atoms in total. The highest BCUT2D eigenvalue weighted by molar-refractivity contribution is 5.89. The van der Waals surface area contributed by atoms with Crippen LogP contribution in [0.1, 0.15) is 37.3 Å². The van der Waals surface area contributed by atoms with E-state index in [2.05, 4.69) is 6.07 Å². The van der Waals surface area contributed by atoms with Crippen molar-refractivity contribution in [3.05, 3.63) is 23.3 Å². The van der Waals surface area contributed by atoms with Crippen LogP contribution in [-0.2, 0) is 21.4 Å². The number of likely N-dealkylation sites (tertiary alicyclic amines) is 1. The van der Waals surface area contributed by atoms with Crippen molar-refractivity contribution in [3.8, 4) is 11.5 Å². The fraction of sp³-hybridized carbons (Fsp3) is 0.579. The summed E-state index contributed by atoms with van der Waals surface area (Å²) in [6, 6.07) is 4.21. The van der Waals surface area contributed by atoms with Crippen LogP contribution in [0.5, 0.6) is 11.5 Å². The second-order valence-electron chi connectivity index (χ2n) is 7.51. The standard InChI is InChI=1S/C19H21NO4/c1-10(21)20-8-7-19-12-4-5-14(22)18(19)24-17-15(23-2)6-3-11(16(17)19)9-13(12)20/h3,6,12-13,18H,4-5,7-9H2,1-2H3/t12?,13?,18?,19-/m0/s1. The number of carbonyl (C=O) groups excluding carboxylic acids is 2. The fourth-order valence-electron chi connectivity index (χ4n) is 5.87. The third-order valence-corrected chi connectivity index (χ3v) is 6.72. The third kappa shape index (κ3) is 1.47. The maximum Gasteiger partial charge on any atom is 0.219 e. The first kappa shape index (κ1) is 14.3. The Hall–Kier alpha value is -2.04.